The van der Waals surface area contributed by atoms with E-state index in [0.717, 1.165) is 36.5 Å². The van der Waals surface area contributed by atoms with Gasteiger partial charge in [0.15, 0.2) is 0 Å². The van der Waals surface area contributed by atoms with E-state index in [4.69, 9.17) is 4.74 Å². The Bertz CT molecular complexity index is 872. The van der Waals surface area contributed by atoms with Crippen molar-refractivity contribution in [3.63, 3.8) is 0 Å². The van der Waals surface area contributed by atoms with E-state index in [-0.39, 0.29) is 11.9 Å². The average molecular weight is 362 g/mol. The first-order valence-corrected chi connectivity index (χ1v) is 9.51. The van der Waals surface area contributed by atoms with Crippen LogP contribution in [-0.2, 0) is 4.79 Å². The SMILES string of the molecule is COc1ccc(C=CC(=O)N2c3ccc(C)cc3C3CN(C)CCC32)cc1. The third kappa shape index (κ3) is 3.37. The highest BCUT2D eigenvalue weighted by Gasteiger charge is 2.43. The van der Waals surface area contributed by atoms with Gasteiger partial charge >= 0.3 is 0 Å². The summed E-state index contributed by atoms with van der Waals surface area (Å²) in [5.41, 5.74) is 4.64. The molecule has 2 aliphatic heterocycles. The summed E-state index contributed by atoms with van der Waals surface area (Å²) in [5.74, 6) is 1.28. The normalized spacial score (nSPS) is 22.0. The summed E-state index contributed by atoms with van der Waals surface area (Å²) < 4.78 is 5.19. The minimum Gasteiger partial charge on any atom is -0.497 e. The Morgan fingerprint density at radius 3 is 2.70 bits per heavy atom. The lowest BCUT2D eigenvalue weighted by atomic mass is 9.89. The molecule has 140 valence electrons. The van der Waals surface area contributed by atoms with Gasteiger partial charge in [0.1, 0.15) is 5.75 Å². The smallest absolute Gasteiger partial charge is 0.251 e. The number of hydrogen-bond donors (Lipinski definition) is 0. The molecule has 0 saturated carbocycles. The molecule has 2 aromatic carbocycles. The van der Waals surface area contributed by atoms with E-state index in [1.807, 2.05) is 35.2 Å². The van der Waals surface area contributed by atoms with Gasteiger partial charge in [-0.2, -0.15) is 0 Å². The molecule has 2 aliphatic rings. The Morgan fingerprint density at radius 2 is 1.96 bits per heavy atom. The van der Waals surface area contributed by atoms with Crippen LogP contribution in [0.25, 0.3) is 6.08 Å². The van der Waals surface area contributed by atoms with E-state index in [0.29, 0.717) is 5.92 Å². The van der Waals surface area contributed by atoms with Crippen molar-refractivity contribution in [2.75, 3.05) is 32.1 Å². The predicted octanol–water partition coefficient (Wildman–Crippen LogP) is 3.85. The highest BCUT2D eigenvalue weighted by atomic mass is 16.5. The first-order chi connectivity index (χ1) is 13.1. The number of hydrogen-bond acceptors (Lipinski definition) is 3. The number of rotatable bonds is 3. The lowest BCUT2D eigenvalue weighted by Crippen LogP contribution is -2.46. The van der Waals surface area contributed by atoms with Crippen LogP contribution in [0, 0.1) is 6.92 Å². The minimum atomic E-state index is 0.0629. The maximum Gasteiger partial charge on any atom is 0.251 e. The van der Waals surface area contributed by atoms with Gasteiger partial charge in [0, 0.05) is 30.3 Å². The van der Waals surface area contributed by atoms with Crippen LogP contribution >= 0.6 is 0 Å². The molecule has 4 heteroatoms. The number of nitrogens with zero attached hydrogens (tertiary/aromatic N) is 2. The zero-order valence-corrected chi connectivity index (χ0v) is 16.2. The molecular formula is C23H26N2O2. The first kappa shape index (κ1) is 17.8. The van der Waals surface area contributed by atoms with Crippen LogP contribution in [0.1, 0.15) is 29.0 Å². The van der Waals surface area contributed by atoms with Gasteiger partial charge in [0.05, 0.1) is 7.11 Å². The molecule has 1 fully saturated rings. The van der Waals surface area contributed by atoms with Crippen LogP contribution in [0.2, 0.25) is 0 Å². The van der Waals surface area contributed by atoms with Gasteiger partial charge in [0.25, 0.3) is 5.91 Å². The number of aryl methyl sites for hydroxylation is 1. The Kier molecular flexibility index (Phi) is 4.75. The highest BCUT2D eigenvalue weighted by Crippen LogP contribution is 2.45. The molecule has 0 spiro atoms. The summed E-state index contributed by atoms with van der Waals surface area (Å²) in [6.45, 7) is 4.16. The molecule has 2 aromatic rings. The van der Waals surface area contributed by atoms with Crippen LogP contribution in [-0.4, -0.2) is 44.1 Å². The fourth-order valence-electron chi connectivity index (χ4n) is 4.33. The zero-order valence-electron chi connectivity index (χ0n) is 16.2. The van der Waals surface area contributed by atoms with Crippen molar-refractivity contribution < 1.29 is 9.53 Å². The van der Waals surface area contributed by atoms with Crippen LogP contribution in [0.15, 0.2) is 48.5 Å². The molecule has 1 saturated heterocycles. The molecule has 4 nitrogen and oxygen atoms in total. The molecular weight excluding hydrogens is 336 g/mol. The second-order valence-electron chi connectivity index (χ2n) is 7.60. The van der Waals surface area contributed by atoms with Crippen LogP contribution in [0.5, 0.6) is 5.75 Å². The lowest BCUT2D eigenvalue weighted by Gasteiger charge is -2.36. The monoisotopic (exact) mass is 362 g/mol. The van der Waals surface area contributed by atoms with Crippen molar-refractivity contribution in [1.82, 2.24) is 4.90 Å². The third-order valence-corrected chi connectivity index (χ3v) is 5.72. The lowest BCUT2D eigenvalue weighted by molar-refractivity contribution is -0.114. The van der Waals surface area contributed by atoms with Gasteiger partial charge < -0.3 is 14.5 Å². The number of piperidine rings is 1. The van der Waals surface area contributed by atoms with Crippen molar-refractivity contribution in [1.29, 1.82) is 0 Å². The van der Waals surface area contributed by atoms with E-state index in [2.05, 4.69) is 37.1 Å². The van der Waals surface area contributed by atoms with Gasteiger partial charge in [-0.05, 0) is 62.3 Å². The number of methoxy groups -OCH3 is 1. The Labute approximate surface area is 161 Å². The number of fused-ring (bicyclic) bond motifs is 3. The summed E-state index contributed by atoms with van der Waals surface area (Å²) in [5, 5.41) is 0. The number of carbonyl (C=O) groups is 1. The quantitative estimate of drug-likeness (QED) is 0.778. The molecule has 0 N–H and O–H groups in total. The fraction of sp³-hybridized carbons (Fsp3) is 0.348. The number of likely N-dealkylation sites (tertiary alicyclic amines) is 1. The molecule has 2 heterocycles. The molecule has 2 unspecified atom stereocenters. The van der Waals surface area contributed by atoms with E-state index in [9.17, 15) is 4.79 Å². The fourth-order valence-corrected chi connectivity index (χ4v) is 4.33. The Balaban J connectivity index is 1.61. The molecule has 0 radical (unpaired) electrons. The van der Waals surface area contributed by atoms with Gasteiger partial charge in [-0.3, -0.25) is 4.79 Å². The Morgan fingerprint density at radius 1 is 1.19 bits per heavy atom. The van der Waals surface area contributed by atoms with Gasteiger partial charge in [-0.15, -0.1) is 0 Å². The second-order valence-corrected chi connectivity index (χ2v) is 7.60. The summed E-state index contributed by atoms with van der Waals surface area (Å²) in [7, 11) is 3.82. The van der Waals surface area contributed by atoms with Crippen LogP contribution < -0.4 is 9.64 Å². The molecule has 0 aliphatic carbocycles. The predicted molar refractivity (Wildman–Crippen MR) is 109 cm³/mol. The zero-order chi connectivity index (χ0) is 19.0. The third-order valence-electron chi connectivity index (χ3n) is 5.72. The van der Waals surface area contributed by atoms with E-state index in [1.54, 1.807) is 13.2 Å². The summed E-state index contributed by atoms with van der Waals surface area (Å²) >= 11 is 0. The van der Waals surface area contributed by atoms with Crippen molar-refractivity contribution in [3.05, 3.63) is 65.2 Å². The highest BCUT2D eigenvalue weighted by molar-refractivity contribution is 6.06. The second kappa shape index (κ2) is 7.20. The van der Waals surface area contributed by atoms with Crippen molar-refractivity contribution >= 4 is 17.7 Å². The van der Waals surface area contributed by atoms with Crippen molar-refractivity contribution in [2.45, 2.75) is 25.3 Å². The van der Waals surface area contributed by atoms with Crippen LogP contribution in [0.4, 0.5) is 5.69 Å². The van der Waals surface area contributed by atoms with E-state index < -0.39 is 0 Å². The summed E-state index contributed by atoms with van der Waals surface area (Å²) in [6.07, 6.45) is 4.60. The van der Waals surface area contributed by atoms with Gasteiger partial charge in [-0.25, -0.2) is 0 Å². The number of ether oxygens (including phenoxy) is 1. The van der Waals surface area contributed by atoms with Crippen molar-refractivity contribution in [3.8, 4) is 5.75 Å². The average Bonchev–Trinajstić information content (AvgIpc) is 2.99. The number of benzene rings is 2. The minimum absolute atomic E-state index is 0.0629. The molecule has 0 bridgehead atoms. The standard InChI is InChI=1S/C23H26N2O2/c1-16-4-10-21-19(14-16)20-15-24(2)13-12-22(20)25(21)23(26)11-7-17-5-8-18(27-3)9-6-17/h4-11,14,20,22H,12-13,15H2,1-3H3. The molecule has 4 rings (SSSR count). The first-order valence-electron chi connectivity index (χ1n) is 9.51. The Hall–Kier alpha value is -2.59. The number of carbonyl (C=O) groups excluding carboxylic acids is 1. The summed E-state index contributed by atoms with van der Waals surface area (Å²) in [6, 6.07) is 14.5. The molecule has 1 amide bonds. The number of likely N-dealkylation sites (N-methyl/N-ethyl adjacent to an activating group) is 1. The molecule has 27 heavy (non-hydrogen) atoms. The van der Waals surface area contributed by atoms with Crippen LogP contribution in [0.3, 0.4) is 0 Å². The number of anilines is 1. The largest absolute Gasteiger partial charge is 0.497 e. The van der Waals surface area contributed by atoms with E-state index >= 15 is 0 Å². The van der Waals surface area contributed by atoms with Crippen molar-refractivity contribution in [2.24, 2.45) is 0 Å². The topological polar surface area (TPSA) is 32.8 Å². The summed E-state index contributed by atoms with van der Waals surface area (Å²) in [4.78, 5) is 17.5. The van der Waals surface area contributed by atoms with Gasteiger partial charge in [0.2, 0.25) is 0 Å². The molecule has 0 aromatic heterocycles. The van der Waals surface area contributed by atoms with Gasteiger partial charge in [-0.1, -0.05) is 29.8 Å². The maximum absolute atomic E-state index is 13.1. The number of amides is 1. The van der Waals surface area contributed by atoms with E-state index in [1.165, 1.54) is 11.1 Å². The molecule has 2 atom stereocenters. The maximum atomic E-state index is 13.1.